The van der Waals surface area contributed by atoms with Gasteiger partial charge in [-0.05, 0) is 59.3 Å². The van der Waals surface area contributed by atoms with Crippen LogP contribution in [0.15, 0.2) is 22.7 Å². The molecule has 0 amide bonds. The highest BCUT2D eigenvalue weighted by atomic mass is 79.9. The molecule has 1 aromatic carbocycles. The zero-order chi connectivity index (χ0) is 15.1. The molecule has 1 saturated carbocycles. The predicted molar refractivity (Wildman–Crippen MR) is 79.6 cm³/mol. The number of hydrogen-bond donors (Lipinski definition) is 0. The second-order valence-electron chi connectivity index (χ2n) is 6.13. The fourth-order valence-electron chi connectivity index (χ4n) is 3.53. The van der Waals surface area contributed by atoms with Gasteiger partial charge in [-0.3, -0.25) is 4.79 Å². The Hall–Kier alpha value is -0.940. The van der Waals surface area contributed by atoms with Gasteiger partial charge in [0.25, 0.3) is 0 Å². The number of benzene rings is 1. The lowest BCUT2D eigenvalue weighted by atomic mass is 9.62. The lowest BCUT2D eigenvalue weighted by molar-refractivity contribution is -0.176. The molecule has 1 aromatic rings. The zero-order valence-corrected chi connectivity index (χ0v) is 13.5. The molecule has 0 N–H and O–H groups in total. The minimum atomic E-state index is -0.372. The van der Waals surface area contributed by atoms with Crippen LogP contribution in [0.25, 0.3) is 0 Å². The molecule has 4 rings (SSSR count). The van der Waals surface area contributed by atoms with Crippen molar-refractivity contribution < 1.29 is 18.7 Å². The maximum atomic E-state index is 13.8. The lowest BCUT2D eigenvalue weighted by Crippen LogP contribution is -2.54. The highest BCUT2D eigenvalue weighted by Gasteiger charge is 2.51. The van der Waals surface area contributed by atoms with Gasteiger partial charge in [-0.1, -0.05) is 6.07 Å². The zero-order valence-electron chi connectivity index (χ0n) is 12.0. The van der Waals surface area contributed by atoms with Crippen LogP contribution in [-0.2, 0) is 19.7 Å². The number of fused-ring (bicyclic) bond motifs is 3. The summed E-state index contributed by atoms with van der Waals surface area (Å²) in [7, 11) is 1.40. The first-order valence-electron chi connectivity index (χ1n) is 7.15. The molecule has 0 spiro atoms. The molecule has 0 aromatic heterocycles. The second kappa shape index (κ2) is 5.36. The Balaban J connectivity index is 1.79. The Labute approximate surface area is 131 Å². The molecule has 5 heteroatoms. The molecule has 3 aliphatic rings. The summed E-state index contributed by atoms with van der Waals surface area (Å²) < 4.78 is 25.1. The van der Waals surface area contributed by atoms with Gasteiger partial charge >= 0.3 is 5.97 Å². The summed E-state index contributed by atoms with van der Waals surface area (Å²) in [6.45, 7) is 0.547. The standard InChI is InChI=1S/C16H18BrFO3/c1-20-14(19)9-16-6-4-15(5-7-16,10-21-16)11-2-3-12(17)13(18)8-11/h2-3,8H,4-7,9-10H2,1H3. The fourth-order valence-corrected chi connectivity index (χ4v) is 3.77. The van der Waals surface area contributed by atoms with Crippen LogP contribution in [0.3, 0.4) is 0 Å². The third-order valence-electron chi connectivity index (χ3n) is 5.00. The fraction of sp³-hybridized carbons (Fsp3) is 0.562. The van der Waals surface area contributed by atoms with Gasteiger partial charge in [-0.15, -0.1) is 0 Å². The minimum Gasteiger partial charge on any atom is -0.469 e. The van der Waals surface area contributed by atoms with Gasteiger partial charge in [0.15, 0.2) is 0 Å². The van der Waals surface area contributed by atoms with E-state index in [0.717, 1.165) is 31.2 Å². The lowest BCUT2D eigenvalue weighted by Gasteiger charge is -2.53. The number of rotatable bonds is 3. The van der Waals surface area contributed by atoms with Gasteiger partial charge in [0.2, 0.25) is 0 Å². The number of hydrogen-bond acceptors (Lipinski definition) is 3. The van der Waals surface area contributed by atoms with Crippen molar-refractivity contribution in [1.29, 1.82) is 0 Å². The van der Waals surface area contributed by atoms with Gasteiger partial charge in [0, 0.05) is 5.41 Å². The van der Waals surface area contributed by atoms with Gasteiger partial charge in [-0.25, -0.2) is 4.39 Å². The number of esters is 1. The SMILES string of the molecule is COC(=O)CC12CCC(c3ccc(Br)c(F)c3)(CC1)CO2. The first-order chi connectivity index (χ1) is 9.99. The molecule has 0 atom stereocenters. The number of ether oxygens (including phenoxy) is 2. The second-order valence-corrected chi connectivity index (χ2v) is 6.99. The van der Waals surface area contributed by atoms with Crippen LogP contribution in [-0.4, -0.2) is 25.3 Å². The van der Waals surface area contributed by atoms with Crippen LogP contribution in [0.4, 0.5) is 4.39 Å². The Morgan fingerprint density at radius 3 is 2.62 bits per heavy atom. The van der Waals surface area contributed by atoms with E-state index < -0.39 is 0 Å². The van der Waals surface area contributed by atoms with E-state index in [4.69, 9.17) is 9.47 Å². The van der Waals surface area contributed by atoms with Gasteiger partial charge in [0.1, 0.15) is 5.82 Å². The van der Waals surface area contributed by atoms with Crippen molar-refractivity contribution in [2.75, 3.05) is 13.7 Å². The maximum absolute atomic E-state index is 13.8. The summed E-state index contributed by atoms with van der Waals surface area (Å²) in [5.41, 5.74) is 0.511. The molecule has 0 unspecified atom stereocenters. The van der Waals surface area contributed by atoms with E-state index in [-0.39, 0.29) is 22.8 Å². The molecule has 2 saturated heterocycles. The molecule has 2 bridgehead atoms. The highest BCUT2D eigenvalue weighted by Crippen LogP contribution is 2.51. The summed E-state index contributed by atoms with van der Waals surface area (Å²) in [5.74, 6) is -0.460. The molecule has 21 heavy (non-hydrogen) atoms. The third-order valence-corrected chi connectivity index (χ3v) is 5.64. The summed E-state index contributed by atoms with van der Waals surface area (Å²) in [5, 5.41) is 0. The van der Waals surface area contributed by atoms with Crippen molar-refractivity contribution in [1.82, 2.24) is 0 Å². The smallest absolute Gasteiger partial charge is 0.308 e. The van der Waals surface area contributed by atoms with Crippen LogP contribution < -0.4 is 0 Å². The number of carbonyl (C=O) groups is 1. The van der Waals surface area contributed by atoms with Crippen LogP contribution >= 0.6 is 15.9 Å². The van der Waals surface area contributed by atoms with E-state index >= 15 is 0 Å². The van der Waals surface area contributed by atoms with E-state index in [1.54, 1.807) is 12.1 Å². The maximum Gasteiger partial charge on any atom is 0.308 e. The van der Waals surface area contributed by atoms with E-state index in [9.17, 15) is 9.18 Å². The van der Waals surface area contributed by atoms with Crippen molar-refractivity contribution in [2.24, 2.45) is 0 Å². The van der Waals surface area contributed by atoms with E-state index in [1.807, 2.05) is 6.07 Å². The third kappa shape index (κ3) is 2.61. The predicted octanol–water partition coefficient (Wildman–Crippen LogP) is 3.73. The number of methoxy groups -OCH3 is 1. The summed E-state index contributed by atoms with van der Waals surface area (Å²) in [4.78, 5) is 11.5. The number of carbonyl (C=O) groups excluding carboxylic acids is 1. The molecule has 3 fully saturated rings. The van der Waals surface area contributed by atoms with Crippen LogP contribution in [0.5, 0.6) is 0 Å². The van der Waals surface area contributed by atoms with Crippen LogP contribution in [0, 0.1) is 5.82 Å². The monoisotopic (exact) mass is 356 g/mol. The van der Waals surface area contributed by atoms with Crippen molar-refractivity contribution in [3.63, 3.8) is 0 Å². The highest BCUT2D eigenvalue weighted by molar-refractivity contribution is 9.10. The molecule has 2 aliphatic heterocycles. The first-order valence-corrected chi connectivity index (χ1v) is 7.94. The van der Waals surface area contributed by atoms with Gasteiger partial charge in [0.05, 0.1) is 30.2 Å². The van der Waals surface area contributed by atoms with E-state index in [1.165, 1.54) is 7.11 Å². The van der Waals surface area contributed by atoms with Crippen molar-refractivity contribution >= 4 is 21.9 Å². The Morgan fingerprint density at radius 1 is 1.38 bits per heavy atom. The molecular formula is C16H18BrFO3. The largest absolute Gasteiger partial charge is 0.469 e. The number of halogens is 2. The average Bonchev–Trinajstić information content (AvgIpc) is 2.51. The minimum absolute atomic E-state index is 0.112. The van der Waals surface area contributed by atoms with Gasteiger partial charge < -0.3 is 9.47 Å². The molecule has 1 aliphatic carbocycles. The average molecular weight is 357 g/mol. The van der Waals surface area contributed by atoms with Crippen molar-refractivity contribution in [3.8, 4) is 0 Å². The summed E-state index contributed by atoms with van der Waals surface area (Å²) in [6.07, 6.45) is 3.80. The first kappa shape index (κ1) is 15.0. The van der Waals surface area contributed by atoms with Gasteiger partial charge in [-0.2, -0.15) is 0 Å². The molecule has 114 valence electrons. The molecule has 2 heterocycles. The molecule has 0 radical (unpaired) electrons. The Bertz CT molecular complexity index is 548. The van der Waals surface area contributed by atoms with Crippen LogP contribution in [0.1, 0.15) is 37.7 Å². The molecular weight excluding hydrogens is 339 g/mol. The Kier molecular flexibility index (Phi) is 3.82. The molecule has 3 nitrogen and oxygen atoms in total. The topological polar surface area (TPSA) is 35.5 Å². The summed E-state index contributed by atoms with van der Waals surface area (Å²) in [6, 6.07) is 5.32. The Morgan fingerprint density at radius 2 is 2.10 bits per heavy atom. The van der Waals surface area contributed by atoms with E-state index in [2.05, 4.69) is 15.9 Å². The normalized spacial score (nSPS) is 31.2. The quantitative estimate of drug-likeness (QED) is 0.774. The van der Waals surface area contributed by atoms with E-state index in [0.29, 0.717) is 17.5 Å². The van der Waals surface area contributed by atoms with Crippen molar-refractivity contribution in [3.05, 3.63) is 34.1 Å². The summed E-state index contributed by atoms with van der Waals surface area (Å²) >= 11 is 3.19. The van der Waals surface area contributed by atoms with Crippen LogP contribution in [0.2, 0.25) is 0 Å². The van der Waals surface area contributed by atoms with Crippen molar-refractivity contribution in [2.45, 2.75) is 43.1 Å².